The van der Waals surface area contributed by atoms with Crippen molar-refractivity contribution >= 4 is 55.3 Å². The highest BCUT2D eigenvalue weighted by atomic mass is 35.5. The fourth-order valence-corrected chi connectivity index (χ4v) is 7.26. The Balaban J connectivity index is 1.10. The number of hydrogen-bond donors (Lipinski definition) is 3. The van der Waals surface area contributed by atoms with Crippen molar-refractivity contribution in [1.29, 1.82) is 0 Å². The summed E-state index contributed by atoms with van der Waals surface area (Å²) in [6.07, 6.45) is 8.33. The molecule has 3 aromatic heterocycles. The number of imidazole rings is 1. The maximum Gasteiger partial charge on any atom is 0.211 e. The summed E-state index contributed by atoms with van der Waals surface area (Å²) >= 11 is 12.2. The lowest BCUT2D eigenvalue weighted by Gasteiger charge is -2.25. The number of aromatic amines is 1. The maximum absolute atomic E-state index is 12.7. The Morgan fingerprint density at radius 2 is 1.90 bits per heavy atom. The number of benzene rings is 1. The number of fused-ring (bicyclic) bond motifs is 2. The minimum atomic E-state index is -3.53. The minimum absolute atomic E-state index is 0.135. The Morgan fingerprint density at radius 1 is 1.12 bits per heavy atom. The van der Waals surface area contributed by atoms with Crippen LogP contribution in [0.4, 0.5) is 0 Å². The molecule has 0 bridgehead atoms. The van der Waals surface area contributed by atoms with Gasteiger partial charge in [0, 0.05) is 37.0 Å². The van der Waals surface area contributed by atoms with Gasteiger partial charge in [0.15, 0.2) is 0 Å². The van der Waals surface area contributed by atoms with E-state index in [-0.39, 0.29) is 6.54 Å². The molecule has 0 amide bonds. The summed E-state index contributed by atoms with van der Waals surface area (Å²) in [4.78, 5) is 16.8. The average molecular weight is 622 g/mol. The molecule has 1 aromatic carbocycles. The van der Waals surface area contributed by atoms with Crippen molar-refractivity contribution in [2.45, 2.75) is 63.2 Å². The van der Waals surface area contributed by atoms with Gasteiger partial charge in [0.25, 0.3) is 0 Å². The minimum Gasteiger partial charge on any atom is -0.390 e. The lowest BCUT2D eigenvalue weighted by Crippen LogP contribution is -2.39. The standard InChI is InChI=1S/C28H34Cl2N6O4S/c1-41(39,40)35(8-3-2-4-25-33-22-12-19(29)20(30)13-23(22)34-25)14-17-11-24(27(38)26(17)37)36-9-7-18-21(10-16-5-6-16)31-15-32-28(18)36/h7,9,12-13,15-17,24,26-27,37-38H,2-6,8,10-11,14H2,1H3,(H,33,34)/t17-,24-,26-,27+/m1/s1. The van der Waals surface area contributed by atoms with Crippen molar-refractivity contribution < 1.29 is 18.6 Å². The average Bonchev–Trinajstić information content (AvgIpc) is 3.38. The van der Waals surface area contributed by atoms with E-state index in [4.69, 9.17) is 23.2 Å². The predicted octanol–water partition coefficient (Wildman–Crippen LogP) is 4.13. The Hall–Kier alpha value is -2.28. The van der Waals surface area contributed by atoms with Gasteiger partial charge in [-0.15, -0.1) is 0 Å². The summed E-state index contributed by atoms with van der Waals surface area (Å²) < 4.78 is 28.7. The first kappa shape index (κ1) is 28.8. The van der Waals surface area contributed by atoms with E-state index in [9.17, 15) is 18.6 Å². The number of H-pyrrole nitrogens is 1. The molecule has 10 nitrogen and oxygen atoms in total. The molecule has 2 saturated carbocycles. The van der Waals surface area contributed by atoms with Crippen molar-refractivity contribution in [3.05, 3.63) is 52.3 Å². The number of nitrogens with zero attached hydrogens (tertiary/aromatic N) is 5. The third kappa shape index (κ3) is 6.11. The monoisotopic (exact) mass is 620 g/mol. The lowest BCUT2D eigenvalue weighted by atomic mass is 10.1. The molecule has 0 radical (unpaired) electrons. The van der Waals surface area contributed by atoms with Crippen LogP contribution in [0.5, 0.6) is 0 Å². The number of aromatic nitrogens is 5. The molecule has 13 heteroatoms. The molecule has 6 rings (SSSR count). The first-order chi connectivity index (χ1) is 19.6. The van der Waals surface area contributed by atoms with E-state index in [1.807, 2.05) is 16.8 Å². The van der Waals surface area contributed by atoms with E-state index in [1.165, 1.54) is 23.4 Å². The van der Waals surface area contributed by atoms with Crippen molar-refractivity contribution in [2.75, 3.05) is 19.3 Å². The van der Waals surface area contributed by atoms with Crippen molar-refractivity contribution in [3.8, 4) is 0 Å². The van der Waals surface area contributed by atoms with Gasteiger partial charge in [0.05, 0.1) is 45.2 Å². The largest absolute Gasteiger partial charge is 0.390 e. The molecule has 0 spiro atoms. The smallest absolute Gasteiger partial charge is 0.211 e. The van der Waals surface area contributed by atoms with E-state index >= 15 is 0 Å². The molecule has 0 saturated heterocycles. The molecular formula is C28H34Cl2N6O4S. The highest BCUT2D eigenvalue weighted by molar-refractivity contribution is 7.88. The predicted molar refractivity (Wildman–Crippen MR) is 159 cm³/mol. The number of hydrogen-bond acceptors (Lipinski definition) is 7. The van der Waals surface area contributed by atoms with Crippen LogP contribution >= 0.6 is 23.2 Å². The maximum atomic E-state index is 12.7. The van der Waals surface area contributed by atoms with Crippen LogP contribution in [-0.4, -0.2) is 79.0 Å². The highest BCUT2D eigenvalue weighted by Crippen LogP contribution is 2.39. The van der Waals surface area contributed by atoms with Crippen LogP contribution in [0.2, 0.25) is 10.0 Å². The first-order valence-corrected chi connectivity index (χ1v) is 16.6. The summed E-state index contributed by atoms with van der Waals surface area (Å²) in [5, 5.41) is 23.9. The van der Waals surface area contributed by atoms with E-state index in [0.717, 1.165) is 40.0 Å². The summed E-state index contributed by atoms with van der Waals surface area (Å²) in [6.45, 7) is 0.446. The van der Waals surface area contributed by atoms with Crippen LogP contribution in [0.3, 0.4) is 0 Å². The van der Waals surface area contributed by atoms with Gasteiger partial charge in [0.1, 0.15) is 23.9 Å². The molecule has 2 fully saturated rings. The molecule has 0 aliphatic heterocycles. The van der Waals surface area contributed by atoms with Crippen LogP contribution in [0.25, 0.3) is 22.1 Å². The van der Waals surface area contributed by atoms with Crippen LogP contribution in [0.1, 0.15) is 49.7 Å². The van der Waals surface area contributed by atoms with Crippen LogP contribution in [0.15, 0.2) is 30.7 Å². The Kier molecular flexibility index (Phi) is 8.03. The number of sulfonamides is 1. The molecule has 2 aliphatic rings. The molecule has 0 unspecified atom stereocenters. The van der Waals surface area contributed by atoms with Crippen molar-refractivity contribution in [1.82, 2.24) is 28.8 Å². The number of halogens is 2. The Labute approximate surface area is 248 Å². The number of unbranched alkanes of at least 4 members (excludes halogenated alkanes) is 1. The fourth-order valence-electron chi connectivity index (χ4n) is 6.02. The van der Waals surface area contributed by atoms with E-state index < -0.39 is 34.2 Å². The number of aliphatic hydroxyl groups is 2. The van der Waals surface area contributed by atoms with Gasteiger partial charge in [-0.3, -0.25) is 0 Å². The molecule has 220 valence electrons. The number of aliphatic hydroxyl groups excluding tert-OH is 2. The van der Waals surface area contributed by atoms with Gasteiger partial charge in [-0.2, -0.15) is 0 Å². The highest BCUT2D eigenvalue weighted by Gasteiger charge is 2.44. The number of aryl methyl sites for hydroxylation is 1. The van der Waals surface area contributed by atoms with Gasteiger partial charge in [-0.25, -0.2) is 27.7 Å². The zero-order valence-corrected chi connectivity index (χ0v) is 25.1. The summed E-state index contributed by atoms with van der Waals surface area (Å²) in [7, 11) is -3.53. The van der Waals surface area contributed by atoms with E-state index in [0.29, 0.717) is 48.2 Å². The normalized spacial score (nSPS) is 23.4. The lowest BCUT2D eigenvalue weighted by molar-refractivity contribution is 0.00403. The zero-order chi connectivity index (χ0) is 28.9. The molecule has 2 aliphatic carbocycles. The van der Waals surface area contributed by atoms with E-state index in [2.05, 4.69) is 19.9 Å². The first-order valence-electron chi connectivity index (χ1n) is 14.0. The van der Waals surface area contributed by atoms with Crippen molar-refractivity contribution in [3.63, 3.8) is 0 Å². The SMILES string of the molecule is CS(=O)(=O)N(CCCCc1nc2cc(Cl)c(Cl)cc2[nH]1)C[C@H]1C[C@@H](n2ccc3c(CC4CC4)ncnc32)[C@H](O)[C@@H]1O. The van der Waals surface area contributed by atoms with Crippen LogP contribution in [-0.2, 0) is 22.9 Å². The molecule has 41 heavy (non-hydrogen) atoms. The molecule has 4 atom stereocenters. The van der Waals surface area contributed by atoms with Gasteiger partial charge < -0.3 is 19.8 Å². The van der Waals surface area contributed by atoms with Crippen LogP contribution < -0.4 is 0 Å². The van der Waals surface area contributed by atoms with Gasteiger partial charge in [0.2, 0.25) is 10.0 Å². The van der Waals surface area contributed by atoms with Crippen molar-refractivity contribution in [2.24, 2.45) is 11.8 Å². The molecule has 3 N–H and O–H groups in total. The molecular weight excluding hydrogens is 587 g/mol. The van der Waals surface area contributed by atoms with Gasteiger partial charge in [-0.1, -0.05) is 23.2 Å². The second kappa shape index (κ2) is 11.4. The molecule has 4 aromatic rings. The topological polar surface area (TPSA) is 137 Å². The number of nitrogens with one attached hydrogen (secondary N) is 1. The fraction of sp³-hybridized carbons (Fsp3) is 0.536. The molecule has 3 heterocycles. The van der Waals surface area contributed by atoms with Gasteiger partial charge >= 0.3 is 0 Å². The zero-order valence-electron chi connectivity index (χ0n) is 22.7. The summed E-state index contributed by atoms with van der Waals surface area (Å²) in [6, 6.07) is 5.03. The van der Waals surface area contributed by atoms with Crippen LogP contribution in [0, 0.1) is 11.8 Å². The summed E-state index contributed by atoms with van der Waals surface area (Å²) in [5.74, 6) is 1.04. The van der Waals surface area contributed by atoms with E-state index in [1.54, 1.807) is 18.5 Å². The Morgan fingerprint density at radius 3 is 2.66 bits per heavy atom. The third-order valence-electron chi connectivity index (χ3n) is 8.45. The Bertz CT molecular complexity index is 1630. The van der Waals surface area contributed by atoms with Gasteiger partial charge in [-0.05, 0) is 62.6 Å². The third-order valence-corrected chi connectivity index (χ3v) is 10.4. The second-order valence-electron chi connectivity index (χ2n) is 11.5. The number of rotatable bonds is 11. The second-order valence-corrected chi connectivity index (χ2v) is 14.3. The summed E-state index contributed by atoms with van der Waals surface area (Å²) in [5.41, 5.74) is 3.29. The quantitative estimate of drug-likeness (QED) is 0.214.